The first kappa shape index (κ1) is 15.1. The molecule has 0 radical (unpaired) electrons. The zero-order chi connectivity index (χ0) is 15.9. The van der Waals surface area contributed by atoms with E-state index >= 15 is 0 Å². The number of hydrogen-bond acceptors (Lipinski definition) is 5. The monoisotopic (exact) mass is 335 g/mol. The Bertz CT molecular complexity index is 764. The number of para-hydroxylation sites is 2. The molecule has 1 aromatic carbocycles. The van der Waals surface area contributed by atoms with Crippen molar-refractivity contribution in [1.82, 2.24) is 25.1 Å². The lowest BCUT2D eigenvalue weighted by Crippen LogP contribution is -2.45. The van der Waals surface area contributed by atoms with Gasteiger partial charge in [-0.1, -0.05) is 12.1 Å². The van der Waals surface area contributed by atoms with E-state index in [1.54, 1.807) is 4.31 Å². The molecular weight excluding hydrogens is 314 g/mol. The summed E-state index contributed by atoms with van der Waals surface area (Å²) >= 11 is 0. The van der Waals surface area contributed by atoms with Crippen LogP contribution in [0, 0.1) is 0 Å². The van der Waals surface area contributed by atoms with E-state index in [1.807, 2.05) is 24.3 Å². The molecule has 2 saturated heterocycles. The van der Waals surface area contributed by atoms with Gasteiger partial charge < -0.3 is 4.98 Å². The van der Waals surface area contributed by atoms with Gasteiger partial charge in [0.1, 0.15) is 11.1 Å². The van der Waals surface area contributed by atoms with E-state index in [4.69, 9.17) is 0 Å². The van der Waals surface area contributed by atoms with Gasteiger partial charge in [-0.15, -0.1) is 0 Å². The van der Waals surface area contributed by atoms with Crippen LogP contribution >= 0.6 is 0 Å². The number of H-pyrrole nitrogens is 1. The van der Waals surface area contributed by atoms with E-state index in [-0.39, 0.29) is 11.2 Å². The highest BCUT2D eigenvalue weighted by molar-refractivity contribution is 7.89. The number of sulfonamides is 1. The van der Waals surface area contributed by atoms with Crippen molar-refractivity contribution in [1.29, 1.82) is 0 Å². The molecule has 4 rings (SSSR count). The molecule has 2 aliphatic heterocycles. The molecule has 8 heteroatoms. The van der Waals surface area contributed by atoms with E-state index in [0.717, 1.165) is 29.7 Å². The van der Waals surface area contributed by atoms with Crippen LogP contribution in [0.5, 0.6) is 0 Å². The Morgan fingerprint density at radius 3 is 2.74 bits per heavy atom. The van der Waals surface area contributed by atoms with Crippen LogP contribution in [0.25, 0.3) is 11.0 Å². The zero-order valence-electron chi connectivity index (χ0n) is 12.8. The van der Waals surface area contributed by atoms with Crippen LogP contribution < -0.4 is 10.9 Å². The quantitative estimate of drug-likeness (QED) is 0.762. The van der Waals surface area contributed by atoms with Gasteiger partial charge >= 0.3 is 0 Å². The van der Waals surface area contributed by atoms with Crippen LogP contribution in [-0.2, 0) is 10.0 Å². The minimum atomic E-state index is -3.27. The summed E-state index contributed by atoms with van der Waals surface area (Å²) in [5.41, 5.74) is 7.75. The topological polar surface area (TPSA) is 90.1 Å². The summed E-state index contributed by atoms with van der Waals surface area (Å²) in [6, 6.07) is 7.91. The first-order chi connectivity index (χ1) is 11.1. The highest BCUT2D eigenvalue weighted by Crippen LogP contribution is 2.29. The van der Waals surface area contributed by atoms with Crippen molar-refractivity contribution in [3.8, 4) is 0 Å². The van der Waals surface area contributed by atoms with Crippen LogP contribution in [0.15, 0.2) is 24.3 Å². The van der Waals surface area contributed by atoms with Gasteiger partial charge in [-0.2, -0.15) is 0 Å². The van der Waals surface area contributed by atoms with E-state index in [9.17, 15) is 8.42 Å². The minimum Gasteiger partial charge on any atom is -0.342 e. The van der Waals surface area contributed by atoms with Crippen LogP contribution in [0.1, 0.15) is 24.6 Å². The van der Waals surface area contributed by atoms with Gasteiger partial charge in [0.05, 0.1) is 11.0 Å². The lowest BCUT2D eigenvalue weighted by atomic mass is 9.99. The van der Waals surface area contributed by atoms with Crippen LogP contribution in [0.4, 0.5) is 0 Å². The largest absolute Gasteiger partial charge is 0.342 e. The molecule has 3 heterocycles. The number of hydrazine groups is 1. The van der Waals surface area contributed by atoms with Crippen molar-refractivity contribution >= 4 is 21.1 Å². The van der Waals surface area contributed by atoms with E-state index in [1.165, 1.54) is 0 Å². The standard InChI is InChI=1S/C15H21N5O2S/c21-23(22,12-8-16-17-9-12)20-7-3-4-11(10-20)15-18-13-5-1-2-6-14(13)19-15/h1-2,5-6,11-12,16-17H,3-4,7-10H2,(H,18,19). The maximum atomic E-state index is 12.8. The predicted molar refractivity (Wildman–Crippen MR) is 88.4 cm³/mol. The summed E-state index contributed by atoms with van der Waals surface area (Å²) in [5.74, 6) is 1.03. The third-order valence-electron chi connectivity index (χ3n) is 4.74. The maximum Gasteiger partial charge on any atom is 0.219 e. The molecule has 1 atom stereocenters. The Labute approximate surface area is 135 Å². The SMILES string of the molecule is O=S(=O)(C1CNNC1)N1CCCC(c2nc3ccccc3[nH]2)C1. The smallest absolute Gasteiger partial charge is 0.219 e. The second kappa shape index (κ2) is 5.86. The molecule has 2 aromatic rings. The zero-order valence-corrected chi connectivity index (χ0v) is 13.6. The number of piperidine rings is 1. The number of aromatic amines is 1. The molecule has 2 aliphatic rings. The first-order valence-corrected chi connectivity index (χ1v) is 9.54. The number of fused-ring (bicyclic) bond motifs is 1. The van der Waals surface area contributed by atoms with E-state index < -0.39 is 10.0 Å². The summed E-state index contributed by atoms with van der Waals surface area (Å²) < 4.78 is 27.2. The number of nitrogens with zero attached hydrogens (tertiary/aromatic N) is 2. The Morgan fingerprint density at radius 1 is 1.17 bits per heavy atom. The van der Waals surface area contributed by atoms with Crippen LogP contribution in [0.2, 0.25) is 0 Å². The molecule has 1 aromatic heterocycles. The summed E-state index contributed by atoms with van der Waals surface area (Å²) in [6.07, 6.45) is 1.83. The van der Waals surface area contributed by atoms with Crippen molar-refractivity contribution in [2.75, 3.05) is 26.2 Å². The summed E-state index contributed by atoms with van der Waals surface area (Å²) in [5, 5.41) is -0.378. The lowest BCUT2D eigenvalue weighted by molar-refractivity contribution is 0.308. The Hall–Kier alpha value is -1.48. The number of rotatable bonds is 3. The van der Waals surface area contributed by atoms with Gasteiger partial charge in [0, 0.05) is 32.1 Å². The van der Waals surface area contributed by atoms with E-state index in [2.05, 4.69) is 20.8 Å². The second-order valence-corrected chi connectivity index (χ2v) is 8.48. The summed E-state index contributed by atoms with van der Waals surface area (Å²) in [6.45, 7) is 2.05. The molecular formula is C15H21N5O2S. The van der Waals surface area contributed by atoms with Gasteiger partial charge in [-0.25, -0.2) is 17.7 Å². The number of imidazole rings is 1. The molecule has 0 saturated carbocycles. The highest BCUT2D eigenvalue weighted by Gasteiger charge is 2.37. The Kier molecular flexibility index (Phi) is 3.84. The average molecular weight is 335 g/mol. The fraction of sp³-hybridized carbons (Fsp3) is 0.533. The number of benzene rings is 1. The fourth-order valence-corrected chi connectivity index (χ4v) is 5.21. The first-order valence-electron chi connectivity index (χ1n) is 8.04. The lowest BCUT2D eigenvalue weighted by Gasteiger charge is -2.32. The highest BCUT2D eigenvalue weighted by atomic mass is 32.2. The summed E-state index contributed by atoms with van der Waals surface area (Å²) in [4.78, 5) is 8.00. The van der Waals surface area contributed by atoms with E-state index in [0.29, 0.717) is 26.2 Å². The van der Waals surface area contributed by atoms with Gasteiger partial charge in [-0.05, 0) is 25.0 Å². The van der Waals surface area contributed by atoms with Gasteiger partial charge in [-0.3, -0.25) is 10.9 Å². The average Bonchev–Trinajstić information content (AvgIpc) is 3.24. The molecule has 2 fully saturated rings. The minimum absolute atomic E-state index is 0.133. The Balaban J connectivity index is 1.56. The molecule has 0 spiro atoms. The van der Waals surface area contributed by atoms with Crippen molar-refractivity contribution in [2.24, 2.45) is 0 Å². The number of hydrogen-bond donors (Lipinski definition) is 3. The fourth-order valence-electron chi connectivity index (χ4n) is 3.43. The van der Waals surface area contributed by atoms with Gasteiger partial charge in [0.25, 0.3) is 0 Å². The molecule has 124 valence electrons. The van der Waals surface area contributed by atoms with Crippen molar-refractivity contribution in [3.05, 3.63) is 30.1 Å². The number of nitrogens with one attached hydrogen (secondary N) is 3. The van der Waals surface area contributed by atoms with Crippen LogP contribution in [-0.4, -0.2) is 54.1 Å². The molecule has 0 bridgehead atoms. The van der Waals surface area contributed by atoms with Crippen LogP contribution in [0.3, 0.4) is 0 Å². The molecule has 1 unspecified atom stereocenters. The second-order valence-electron chi connectivity index (χ2n) is 6.27. The summed E-state index contributed by atoms with van der Waals surface area (Å²) in [7, 11) is -3.27. The van der Waals surface area contributed by atoms with Crippen molar-refractivity contribution in [3.63, 3.8) is 0 Å². The Morgan fingerprint density at radius 2 is 1.96 bits per heavy atom. The van der Waals surface area contributed by atoms with Crippen molar-refractivity contribution in [2.45, 2.75) is 24.0 Å². The molecule has 3 N–H and O–H groups in total. The molecule has 0 aliphatic carbocycles. The normalized spacial score (nSPS) is 24.4. The molecule has 23 heavy (non-hydrogen) atoms. The number of aromatic nitrogens is 2. The predicted octanol–water partition coefficient (Wildman–Crippen LogP) is 0.549. The van der Waals surface area contributed by atoms with Gasteiger partial charge in [0.15, 0.2) is 0 Å². The third-order valence-corrected chi connectivity index (χ3v) is 6.97. The third kappa shape index (κ3) is 2.76. The molecule has 7 nitrogen and oxygen atoms in total. The van der Waals surface area contributed by atoms with Gasteiger partial charge in [0.2, 0.25) is 10.0 Å². The molecule has 0 amide bonds. The van der Waals surface area contributed by atoms with Crippen molar-refractivity contribution < 1.29 is 8.42 Å². The maximum absolute atomic E-state index is 12.8.